The lowest BCUT2D eigenvalue weighted by Crippen LogP contribution is -2.36. The van der Waals surface area contributed by atoms with Gasteiger partial charge in [0.2, 0.25) is 5.91 Å². The molecule has 6 rings (SSSR count). The SMILES string of the molecule is C1CCOCC1.CC(C)(C)C1CCCCO1.C[C@@]1(COC2CCCCO2)C[C@@H](Cc2ccc(-c3ccccc3)cc2)NC1=O. The second kappa shape index (κ2) is 17.4. The van der Waals surface area contributed by atoms with E-state index in [2.05, 4.69) is 74.6 Å². The molecule has 244 valence electrons. The molecule has 0 radical (unpaired) electrons. The van der Waals surface area contributed by atoms with Gasteiger partial charge >= 0.3 is 0 Å². The van der Waals surface area contributed by atoms with Crippen molar-refractivity contribution >= 4 is 5.91 Å². The minimum absolute atomic E-state index is 0.0919. The molecule has 0 saturated carbocycles. The van der Waals surface area contributed by atoms with Gasteiger partial charge in [-0.25, -0.2) is 0 Å². The Morgan fingerprint density at radius 2 is 1.43 bits per heavy atom. The average Bonchev–Trinajstić information content (AvgIpc) is 3.35. The van der Waals surface area contributed by atoms with E-state index in [0.717, 1.165) is 58.5 Å². The van der Waals surface area contributed by atoms with Crippen LogP contribution >= 0.6 is 0 Å². The van der Waals surface area contributed by atoms with Crippen LogP contribution in [0, 0.1) is 10.8 Å². The third-order valence-electron chi connectivity index (χ3n) is 9.07. The molecular weight excluding hydrogens is 550 g/mol. The normalized spacial score (nSPS) is 27.3. The predicted octanol–water partition coefficient (Wildman–Crippen LogP) is 8.12. The average molecular weight is 608 g/mol. The van der Waals surface area contributed by atoms with Crippen LogP contribution in [0.4, 0.5) is 0 Å². The summed E-state index contributed by atoms with van der Waals surface area (Å²) in [6.45, 7) is 12.9. The van der Waals surface area contributed by atoms with Gasteiger partial charge in [-0.1, -0.05) is 75.4 Å². The highest BCUT2D eigenvalue weighted by molar-refractivity contribution is 5.85. The number of amides is 1. The number of hydrogen-bond donors (Lipinski definition) is 1. The zero-order valence-corrected chi connectivity index (χ0v) is 27.8. The van der Waals surface area contributed by atoms with Gasteiger partial charge in [-0.05, 0) is 99.7 Å². The number of carbonyl (C=O) groups is 1. The van der Waals surface area contributed by atoms with Crippen LogP contribution in [0.15, 0.2) is 54.6 Å². The molecule has 0 aliphatic carbocycles. The van der Waals surface area contributed by atoms with Crippen LogP contribution in [0.5, 0.6) is 0 Å². The molecule has 6 heteroatoms. The maximum atomic E-state index is 12.6. The molecule has 4 atom stereocenters. The van der Waals surface area contributed by atoms with Crippen LogP contribution in [0.1, 0.15) is 97.5 Å². The topological polar surface area (TPSA) is 66.0 Å². The minimum Gasteiger partial charge on any atom is -0.381 e. The Labute approximate surface area is 266 Å². The van der Waals surface area contributed by atoms with Crippen molar-refractivity contribution in [2.75, 3.05) is 33.0 Å². The van der Waals surface area contributed by atoms with Gasteiger partial charge in [0.15, 0.2) is 6.29 Å². The Balaban J connectivity index is 0.000000225. The molecule has 4 saturated heterocycles. The van der Waals surface area contributed by atoms with Crippen molar-refractivity contribution in [3.63, 3.8) is 0 Å². The van der Waals surface area contributed by atoms with E-state index in [1.807, 2.05) is 13.0 Å². The lowest BCUT2D eigenvalue weighted by atomic mass is 9.85. The summed E-state index contributed by atoms with van der Waals surface area (Å²) < 4.78 is 22.3. The zero-order chi connectivity index (χ0) is 31.3. The summed E-state index contributed by atoms with van der Waals surface area (Å²) in [6.07, 6.45) is 12.9. The van der Waals surface area contributed by atoms with Crippen LogP contribution in [0.3, 0.4) is 0 Å². The fourth-order valence-electron chi connectivity index (χ4n) is 6.27. The lowest BCUT2D eigenvalue weighted by molar-refractivity contribution is -0.178. The van der Waals surface area contributed by atoms with Crippen molar-refractivity contribution in [3.05, 3.63) is 60.2 Å². The summed E-state index contributed by atoms with van der Waals surface area (Å²) in [5, 5.41) is 3.17. The Morgan fingerprint density at radius 3 is 1.95 bits per heavy atom. The summed E-state index contributed by atoms with van der Waals surface area (Å²) in [5.74, 6) is 0.0919. The van der Waals surface area contributed by atoms with Gasteiger partial charge in [0.05, 0.1) is 18.1 Å². The van der Waals surface area contributed by atoms with Gasteiger partial charge in [-0.2, -0.15) is 0 Å². The number of nitrogens with one attached hydrogen (secondary N) is 1. The maximum Gasteiger partial charge on any atom is 0.228 e. The maximum absolute atomic E-state index is 12.6. The number of rotatable bonds is 6. The highest BCUT2D eigenvalue weighted by Gasteiger charge is 2.43. The predicted molar refractivity (Wildman–Crippen MR) is 177 cm³/mol. The number of hydrogen-bond acceptors (Lipinski definition) is 5. The van der Waals surface area contributed by atoms with Gasteiger partial charge < -0.3 is 24.3 Å². The van der Waals surface area contributed by atoms with Crippen LogP contribution in [0.2, 0.25) is 0 Å². The van der Waals surface area contributed by atoms with E-state index in [1.165, 1.54) is 55.2 Å². The zero-order valence-electron chi connectivity index (χ0n) is 27.8. The van der Waals surface area contributed by atoms with Gasteiger partial charge in [-0.15, -0.1) is 0 Å². The smallest absolute Gasteiger partial charge is 0.228 e. The third-order valence-corrected chi connectivity index (χ3v) is 9.07. The Kier molecular flexibility index (Phi) is 13.7. The molecule has 4 fully saturated rings. The third kappa shape index (κ3) is 11.3. The summed E-state index contributed by atoms with van der Waals surface area (Å²) in [4.78, 5) is 12.6. The van der Waals surface area contributed by atoms with E-state index in [4.69, 9.17) is 18.9 Å². The molecule has 44 heavy (non-hydrogen) atoms. The van der Waals surface area contributed by atoms with E-state index >= 15 is 0 Å². The molecule has 1 amide bonds. The molecule has 0 aromatic heterocycles. The van der Waals surface area contributed by atoms with Crippen molar-refractivity contribution in [1.82, 2.24) is 5.32 Å². The van der Waals surface area contributed by atoms with E-state index in [-0.39, 0.29) is 18.2 Å². The van der Waals surface area contributed by atoms with Crippen LogP contribution in [-0.4, -0.2) is 57.4 Å². The van der Waals surface area contributed by atoms with Crippen LogP contribution in [0.25, 0.3) is 11.1 Å². The molecule has 0 bridgehead atoms. The summed E-state index contributed by atoms with van der Waals surface area (Å²) in [6, 6.07) is 19.2. The second-order valence-electron chi connectivity index (χ2n) is 14.2. The fourth-order valence-corrected chi connectivity index (χ4v) is 6.27. The first kappa shape index (κ1) is 34.6. The second-order valence-corrected chi connectivity index (χ2v) is 14.2. The van der Waals surface area contributed by atoms with Gasteiger partial charge in [-0.3, -0.25) is 4.79 Å². The Hall–Kier alpha value is -2.25. The molecule has 6 nitrogen and oxygen atoms in total. The molecular formula is C38H57NO5. The molecule has 4 aliphatic heterocycles. The van der Waals surface area contributed by atoms with Crippen LogP contribution < -0.4 is 5.32 Å². The summed E-state index contributed by atoms with van der Waals surface area (Å²) >= 11 is 0. The number of carbonyl (C=O) groups excluding carboxylic acids is 1. The van der Waals surface area contributed by atoms with Gasteiger partial charge in [0.1, 0.15) is 0 Å². The van der Waals surface area contributed by atoms with E-state index in [0.29, 0.717) is 18.1 Å². The Bertz CT molecular complexity index is 1070. The van der Waals surface area contributed by atoms with Gasteiger partial charge in [0.25, 0.3) is 0 Å². The molecule has 2 unspecified atom stereocenters. The van der Waals surface area contributed by atoms with Crippen molar-refractivity contribution in [3.8, 4) is 11.1 Å². The first-order valence-electron chi connectivity index (χ1n) is 17.1. The largest absolute Gasteiger partial charge is 0.381 e. The van der Waals surface area contributed by atoms with E-state index in [1.54, 1.807) is 0 Å². The van der Waals surface area contributed by atoms with Gasteiger partial charge in [0, 0.05) is 32.5 Å². The first-order valence-corrected chi connectivity index (χ1v) is 17.1. The number of ether oxygens (including phenoxy) is 4. The molecule has 2 aromatic carbocycles. The van der Waals surface area contributed by atoms with Crippen molar-refractivity contribution in [1.29, 1.82) is 0 Å². The van der Waals surface area contributed by atoms with Crippen molar-refractivity contribution in [2.45, 2.75) is 117 Å². The van der Waals surface area contributed by atoms with Crippen molar-refractivity contribution < 1.29 is 23.7 Å². The lowest BCUT2D eigenvalue weighted by Gasteiger charge is -2.33. The monoisotopic (exact) mass is 607 g/mol. The van der Waals surface area contributed by atoms with E-state index in [9.17, 15) is 4.79 Å². The molecule has 2 aromatic rings. The summed E-state index contributed by atoms with van der Waals surface area (Å²) in [5.41, 5.74) is 3.55. The number of benzene rings is 2. The molecule has 4 heterocycles. The first-order chi connectivity index (χ1) is 21.2. The molecule has 4 aliphatic rings. The molecule has 1 N–H and O–H groups in total. The van der Waals surface area contributed by atoms with E-state index < -0.39 is 5.41 Å². The fraction of sp³-hybridized carbons (Fsp3) is 0.658. The summed E-state index contributed by atoms with van der Waals surface area (Å²) in [7, 11) is 0. The standard InChI is InChI=1S/C24H29NO3.C9H18O.C5H10O/c1-24(17-28-22-9-5-6-14-27-22)16-21(25-23(24)26)15-18-10-12-20(13-11-18)19-7-3-2-4-8-19;1-9(2,3)8-6-4-5-7-10-8;1-2-4-6-5-3-1/h2-4,7-8,10-13,21-22H,5-6,9,14-17H2,1H3,(H,25,26);8H,4-7H2,1-3H3;1-5H2/t21-,22?,24+;;/m1../s1. The highest BCUT2D eigenvalue weighted by atomic mass is 16.7. The molecule has 0 spiro atoms. The quantitative estimate of drug-likeness (QED) is 0.359. The Morgan fingerprint density at radius 1 is 0.795 bits per heavy atom. The minimum atomic E-state index is -0.477. The highest BCUT2D eigenvalue weighted by Crippen LogP contribution is 2.33. The van der Waals surface area contributed by atoms with Crippen molar-refractivity contribution in [2.24, 2.45) is 10.8 Å². The van der Waals surface area contributed by atoms with Crippen LogP contribution in [-0.2, 0) is 30.2 Å².